The fourth-order valence-electron chi connectivity index (χ4n) is 1.73. The second-order valence-electron chi connectivity index (χ2n) is 4.36. The van der Waals surface area contributed by atoms with E-state index in [0.717, 1.165) is 24.9 Å². The third-order valence-electron chi connectivity index (χ3n) is 2.82. The van der Waals surface area contributed by atoms with Crippen LogP contribution >= 0.6 is 11.6 Å². The molecule has 1 aromatic carbocycles. The number of benzene rings is 1. The number of nitrogens with two attached hydrogens (primary N) is 1. The summed E-state index contributed by atoms with van der Waals surface area (Å²) in [4.78, 5) is 0. The lowest BCUT2D eigenvalue weighted by Gasteiger charge is -2.13. The van der Waals surface area contributed by atoms with Gasteiger partial charge in [-0.1, -0.05) is 42.2 Å². The molecule has 0 fully saturated rings. The van der Waals surface area contributed by atoms with Gasteiger partial charge in [0.2, 0.25) is 0 Å². The average molecular weight is 270 g/mol. The molecule has 1 rings (SSSR count). The molecule has 1 aromatic rings. The number of amidine groups is 1. The standard InChI is InChI=1S/C13H20ClN3O/c1-3-4-9(2)16-8-11-6-5-10(7-12(11)14)13(15)17-18/h5-7,9,16,18H,3-4,8H2,1-2H3,(H2,15,17). The molecule has 5 heteroatoms. The Hall–Kier alpha value is -1.26. The van der Waals surface area contributed by atoms with Crippen molar-refractivity contribution in [3.05, 3.63) is 34.3 Å². The van der Waals surface area contributed by atoms with Gasteiger partial charge in [0.25, 0.3) is 0 Å². The first-order valence-corrected chi connectivity index (χ1v) is 6.46. The van der Waals surface area contributed by atoms with E-state index in [1.54, 1.807) is 12.1 Å². The number of nitrogens with zero attached hydrogens (tertiary/aromatic N) is 1. The molecule has 4 nitrogen and oxygen atoms in total. The van der Waals surface area contributed by atoms with E-state index in [0.29, 0.717) is 16.6 Å². The van der Waals surface area contributed by atoms with Gasteiger partial charge >= 0.3 is 0 Å². The maximum absolute atomic E-state index is 8.59. The molecule has 0 saturated heterocycles. The van der Waals surface area contributed by atoms with E-state index in [-0.39, 0.29) is 5.84 Å². The van der Waals surface area contributed by atoms with Crippen LogP contribution in [0.4, 0.5) is 0 Å². The van der Waals surface area contributed by atoms with Crippen molar-refractivity contribution in [1.82, 2.24) is 5.32 Å². The van der Waals surface area contributed by atoms with Crippen LogP contribution in [0.3, 0.4) is 0 Å². The molecule has 0 radical (unpaired) electrons. The molecule has 1 atom stereocenters. The zero-order valence-electron chi connectivity index (χ0n) is 10.8. The Balaban J connectivity index is 2.68. The Morgan fingerprint density at radius 3 is 2.83 bits per heavy atom. The summed E-state index contributed by atoms with van der Waals surface area (Å²) in [6.07, 6.45) is 2.30. The summed E-state index contributed by atoms with van der Waals surface area (Å²) >= 11 is 6.16. The summed E-state index contributed by atoms with van der Waals surface area (Å²) in [5.41, 5.74) is 7.13. The lowest BCUT2D eigenvalue weighted by molar-refractivity contribution is 0.318. The van der Waals surface area contributed by atoms with Gasteiger partial charge in [-0.05, 0) is 25.0 Å². The third kappa shape index (κ3) is 4.20. The van der Waals surface area contributed by atoms with E-state index in [2.05, 4.69) is 24.3 Å². The summed E-state index contributed by atoms with van der Waals surface area (Å²) in [5, 5.41) is 15.6. The predicted octanol–water partition coefficient (Wildman–Crippen LogP) is 2.71. The summed E-state index contributed by atoms with van der Waals surface area (Å²) in [7, 11) is 0. The molecule has 0 aliphatic carbocycles. The number of rotatable bonds is 6. The van der Waals surface area contributed by atoms with Crippen LogP contribution in [0.25, 0.3) is 0 Å². The number of halogens is 1. The van der Waals surface area contributed by atoms with Gasteiger partial charge in [0.05, 0.1) is 0 Å². The van der Waals surface area contributed by atoms with Gasteiger partial charge in [-0.2, -0.15) is 0 Å². The normalized spacial score (nSPS) is 13.6. The Labute approximate surface area is 113 Å². The lowest BCUT2D eigenvalue weighted by Crippen LogP contribution is -2.25. The lowest BCUT2D eigenvalue weighted by atomic mass is 10.1. The highest BCUT2D eigenvalue weighted by Gasteiger charge is 2.06. The topological polar surface area (TPSA) is 70.6 Å². The Morgan fingerprint density at radius 1 is 1.56 bits per heavy atom. The highest BCUT2D eigenvalue weighted by molar-refractivity contribution is 6.31. The van der Waals surface area contributed by atoms with Crippen molar-refractivity contribution < 1.29 is 5.21 Å². The maximum Gasteiger partial charge on any atom is 0.170 e. The van der Waals surface area contributed by atoms with Crippen LogP contribution in [-0.2, 0) is 6.54 Å². The molecular weight excluding hydrogens is 250 g/mol. The molecule has 1 unspecified atom stereocenters. The first kappa shape index (κ1) is 14.8. The molecule has 0 aliphatic heterocycles. The molecule has 100 valence electrons. The zero-order valence-corrected chi connectivity index (χ0v) is 11.5. The van der Waals surface area contributed by atoms with Crippen molar-refractivity contribution in [3.8, 4) is 0 Å². The summed E-state index contributed by atoms with van der Waals surface area (Å²) in [6.45, 7) is 5.04. The molecule has 0 bridgehead atoms. The number of hydrogen-bond donors (Lipinski definition) is 3. The van der Waals surface area contributed by atoms with Crippen LogP contribution in [0.15, 0.2) is 23.4 Å². The monoisotopic (exact) mass is 269 g/mol. The summed E-state index contributed by atoms with van der Waals surface area (Å²) < 4.78 is 0. The number of nitrogens with one attached hydrogen (secondary N) is 1. The van der Waals surface area contributed by atoms with Crippen molar-refractivity contribution in [1.29, 1.82) is 0 Å². The fourth-order valence-corrected chi connectivity index (χ4v) is 1.97. The maximum atomic E-state index is 8.59. The van der Waals surface area contributed by atoms with Gasteiger partial charge in [0.15, 0.2) is 5.84 Å². The fraction of sp³-hybridized carbons (Fsp3) is 0.462. The molecule has 0 aliphatic rings. The first-order valence-electron chi connectivity index (χ1n) is 6.08. The second-order valence-corrected chi connectivity index (χ2v) is 4.77. The van der Waals surface area contributed by atoms with E-state index in [1.807, 2.05) is 6.07 Å². The van der Waals surface area contributed by atoms with Gasteiger partial charge in [0.1, 0.15) is 0 Å². The quantitative estimate of drug-likeness (QED) is 0.322. The van der Waals surface area contributed by atoms with E-state index in [4.69, 9.17) is 22.5 Å². The van der Waals surface area contributed by atoms with Crippen LogP contribution in [0.2, 0.25) is 5.02 Å². The van der Waals surface area contributed by atoms with Crippen LogP contribution in [0.1, 0.15) is 37.8 Å². The highest BCUT2D eigenvalue weighted by Crippen LogP contribution is 2.18. The van der Waals surface area contributed by atoms with Crippen LogP contribution in [0, 0.1) is 0 Å². The molecule has 0 heterocycles. The molecule has 0 saturated carbocycles. The van der Waals surface area contributed by atoms with Crippen LogP contribution in [0.5, 0.6) is 0 Å². The van der Waals surface area contributed by atoms with Crippen molar-refractivity contribution in [3.63, 3.8) is 0 Å². The highest BCUT2D eigenvalue weighted by atomic mass is 35.5. The van der Waals surface area contributed by atoms with Gasteiger partial charge in [-0.15, -0.1) is 0 Å². The number of oxime groups is 1. The minimum Gasteiger partial charge on any atom is -0.409 e. The Morgan fingerprint density at radius 2 is 2.28 bits per heavy atom. The summed E-state index contributed by atoms with van der Waals surface area (Å²) in [5.74, 6) is 0.0655. The van der Waals surface area contributed by atoms with Crippen molar-refractivity contribution >= 4 is 17.4 Å². The average Bonchev–Trinajstić information content (AvgIpc) is 2.36. The van der Waals surface area contributed by atoms with Gasteiger partial charge in [0, 0.05) is 23.2 Å². The molecular formula is C13H20ClN3O. The van der Waals surface area contributed by atoms with E-state index >= 15 is 0 Å². The number of hydrogen-bond acceptors (Lipinski definition) is 3. The zero-order chi connectivity index (χ0) is 13.5. The summed E-state index contributed by atoms with van der Waals surface area (Å²) in [6, 6.07) is 5.86. The van der Waals surface area contributed by atoms with Gasteiger partial charge in [-0.25, -0.2) is 0 Å². The van der Waals surface area contributed by atoms with Gasteiger partial charge < -0.3 is 16.3 Å². The van der Waals surface area contributed by atoms with E-state index < -0.39 is 0 Å². The Bertz CT molecular complexity index is 421. The third-order valence-corrected chi connectivity index (χ3v) is 3.17. The van der Waals surface area contributed by atoms with Crippen LogP contribution in [-0.4, -0.2) is 17.1 Å². The molecule has 18 heavy (non-hydrogen) atoms. The minimum atomic E-state index is 0.0655. The van der Waals surface area contributed by atoms with Crippen molar-refractivity contribution in [2.75, 3.05) is 0 Å². The van der Waals surface area contributed by atoms with Crippen molar-refractivity contribution in [2.45, 2.75) is 39.3 Å². The molecule has 0 spiro atoms. The van der Waals surface area contributed by atoms with Gasteiger partial charge in [-0.3, -0.25) is 0 Å². The minimum absolute atomic E-state index is 0.0655. The molecule has 0 amide bonds. The molecule has 4 N–H and O–H groups in total. The van der Waals surface area contributed by atoms with E-state index in [1.165, 1.54) is 0 Å². The Kier molecular flexibility index (Phi) is 5.95. The second kappa shape index (κ2) is 7.24. The molecule has 0 aromatic heterocycles. The predicted molar refractivity (Wildman–Crippen MR) is 75.2 cm³/mol. The van der Waals surface area contributed by atoms with Crippen LogP contribution < -0.4 is 11.1 Å². The van der Waals surface area contributed by atoms with Crippen molar-refractivity contribution in [2.24, 2.45) is 10.9 Å². The first-order chi connectivity index (χ1) is 8.58. The SMILES string of the molecule is CCCC(C)NCc1ccc(/C(N)=N/O)cc1Cl. The smallest absolute Gasteiger partial charge is 0.170 e. The van der Waals surface area contributed by atoms with E-state index in [9.17, 15) is 0 Å². The largest absolute Gasteiger partial charge is 0.409 e.